The minimum Gasteiger partial charge on any atom is -0.132 e. The predicted molar refractivity (Wildman–Crippen MR) is 339 cm³/mol. The van der Waals surface area contributed by atoms with E-state index in [-0.39, 0.29) is 32.5 Å². The molecule has 412 valence electrons. The summed E-state index contributed by atoms with van der Waals surface area (Å²) in [5.41, 5.74) is 19.7. The van der Waals surface area contributed by atoms with Crippen LogP contribution in [-0.4, -0.2) is 9.90 Å². The SMILES string of the molecule is C[n+]1nn(-c2ccc(C(c3ccc(C(C)(C)C)cc3)(c3ccc(C(C)(C)C)cc3)c3ccc(C(C)(C)C)cc3)cc2)cc1-c1ccc(C(c2ccc(C(C)(C)C)cc2)(c2ccc(C(C)(C)C)cc2)c2ccc(C(C)(C)C)cc2)cc1. The number of hydrogen-bond acceptors (Lipinski definition) is 1. The molecule has 0 spiro atoms. The van der Waals surface area contributed by atoms with Gasteiger partial charge in [0.2, 0.25) is 0 Å². The maximum absolute atomic E-state index is 5.15. The second-order valence-electron chi connectivity index (χ2n) is 29.1. The Hall–Kier alpha value is -7.10. The van der Waals surface area contributed by atoms with Gasteiger partial charge in [0.05, 0.1) is 16.0 Å². The fraction of sp³-hybridized carbons (Fsp3) is 0.351. The molecule has 0 N–H and O–H groups in total. The van der Waals surface area contributed by atoms with Crippen molar-refractivity contribution in [3.05, 3.63) is 278 Å². The molecule has 0 saturated heterocycles. The molecule has 0 amide bonds. The Labute approximate surface area is 482 Å². The van der Waals surface area contributed by atoms with Crippen LogP contribution in [0.25, 0.3) is 16.9 Å². The van der Waals surface area contributed by atoms with Crippen LogP contribution < -0.4 is 4.68 Å². The normalized spacial score (nSPS) is 13.2. The summed E-state index contributed by atoms with van der Waals surface area (Å²) in [4.78, 5) is 0. The van der Waals surface area contributed by atoms with Gasteiger partial charge in [0.25, 0.3) is 0 Å². The van der Waals surface area contributed by atoms with E-state index in [1.165, 1.54) is 77.9 Å². The monoisotopic (exact) mass is 1060 g/mol. The minimum atomic E-state index is -0.615. The van der Waals surface area contributed by atoms with Gasteiger partial charge in [-0.1, -0.05) is 307 Å². The molecule has 0 aliphatic rings. The van der Waals surface area contributed by atoms with E-state index in [0.29, 0.717) is 0 Å². The standard InChI is InChI=1S/C77H90N3/c1-70(2,3)54-24-36-61(37-25-54)76(62-38-26-55(27-39-62)71(4,5)6,63-40-28-56(29-41-63)72(7,8)9)60-22-20-53(21-23-60)69-52-80(78-79(69)19)68-50-48-67(49-51-68)77(64-42-30-57(31-43-64)73(10,11)12,65-44-32-58(33-45-65)74(13,14)15)66-46-34-59(35-47-66)75(16,17)18/h20-52H,1-19H3/q+1. The lowest BCUT2D eigenvalue weighted by Gasteiger charge is -2.38. The van der Waals surface area contributed by atoms with E-state index in [0.717, 1.165) is 16.9 Å². The van der Waals surface area contributed by atoms with Crippen LogP contribution >= 0.6 is 0 Å². The van der Waals surface area contributed by atoms with E-state index in [9.17, 15) is 0 Å². The predicted octanol–water partition coefficient (Wildman–Crippen LogP) is 18.9. The maximum atomic E-state index is 5.15. The van der Waals surface area contributed by atoms with E-state index in [2.05, 4.69) is 332 Å². The van der Waals surface area contributed by atoms with Crippen LogP contribution in [0.5, 0.6) is 0 Å². The first-order chi connectivity index (χ1) is 37.3. The van der Waals surface area contributed by atoms with Crippen LogP contribution in [0.1, 0.15) is 203 Å². The number of nitrogens with zero attached hydrogens (tertiary/aromatic N) is 3. The zero-order valence-electron chi connectivity index (χ0n) is 51.9. The molecule has 8 aromatic carbocycles. The van der Waals surface area contributed by atoms with Gasteiger partial charge < -0.3 is 0 Å². The summed E-state index contributed by atoms with van der Waals surface area (Å²) >= 11 is 0. The zero-order chi connectivity index (χ0) is 58.0. The van der Waals surface area contributed by atoms with Crippen molar-refractivity contribution in [3.63, 3.8) is 0 Å². The van der Waals surface area contributed by atoms with Gasteiger partial charge in [0.1, 0.15) is 7.05 Å². The maximum Gasteiger partial charge on any atom is 0.197 e. The summed E-state index contributed by atoms with van der Waals surface area (Å²) in [5, 5.41) is 5.15. The second-order valence-corrected chi connectivity index (χ2v) is 29.1. The molecule has 0 bridgehead atoms. The van der Waals surface area contributed by atoms with Gasteiger partial charge in [0.15, 0.2) is 17.6 Å². The molecule has 0 atom stereocenters. The van der Waals surface area contributed by atoms with E-state index in [1.807, 2.05) is 9.36 Å². The van der Waals surface area contributed by atoms with E-state index < -0.39 is 10.8 Å². The molecule has 3 nitrogen and oxygen atoms in total. The highest BCUT2D eigenvalue weighted by atomic mass is 15.5. The third-order valence-electron chi connectivity index (χ3n) is 17.1. The van der Waals surface area contributed by atoms with Gasteiger partial charge in [-0.3, -0.25) is 0 Å². The molecule has 0 aliphatic carbocycles. The van der Waals surface area contributed by atoms with Gasteiger partial charge in [-0.2, -0.15) is 0 Å². The Morgan fingerprint density at radius 2 is 0.425 bits per heavy atom. The molecular weight excluding hydrogens is 967 g/mol. The summed E-state index contributed by atoms with van der Waals surface area (Å²) in [7, 11) is 2.05. The van der Waals surface area contributed by atoms with Crippen LogP contribution in [0.4, 0.5) is 0 Å². The molecule has 0 unspecified atom stereocenters. The number of benzene rings is 8. The zero-order valence-corrected chi connectivity index (χ0v) is 51.9. The Balaban J connectivity index is 1.17. The van der Waals surface area contributed by atoms with Crippen LogP contribution in [0.15, 0.2) is 200 Å². The molecule has 1 heterocycles. The minimum absolute atomic E-state index is 0.0215. The van der Waals surface area contributed by atoms with Crippen LogP contribution in [0.3, 0.4) is 0 Å². The molecule has 0 radical (unpaired) electrons. The van der Waals surface area contributed by atoms with E-state index in [4.69, 9.17) is 5.21 Å². The largest absolute Gasteiger partial charge is 0.197 e. The smallest absolute Gasteiger partial charge is 0.132 e. The number of aromatic nitrogens is 3. The van der Waals surface area contributed by atoms with Crippen LogP contribution in [0.2, 0.25) is 0 Å². The molecule has 0 saturated carbocycles. The Bertz CT molecular complexity index is 3270. The van der Waals surface area contributed by atoms with Crippen molar-refractivity contribution in [2.75, 3.05) is 0 Å². The highest BCUT2D eigenvalue weighted by Gasteiger charge is 2.41. The molecule has 9 rings (SSSR count). The fourth-order valence-corrected chi connectivity index (χ4v) is 11.9. The number of aryl methyl sites for hydroxylation is 1. The molecule has 0 fully saturated rings. The van der Waals surface area contributed by atoms with Crippen molar-refractivity contribution in [3.8, 4) is 16.9 Å². The lowest BCUT2D eigenvalue weighted by molar-refractivity contribution is -0.721. The van der Waals surface area contributed by atoms with Crippen molar-refractivity contribution < 1.29 is 4.68 Å². The van der Waals surface area contributed by atoms with E-state index >= 15 is 0 Å². The molecular formula is C77H90N3+. The summed E-state index contributed by atoms with van der Waals surface area (Å²) in [6.45, 7) is 41.3. The summed E-state index contributed by atoms with van der Waals surface area (Å²) in [6, 6.07) is 74.9. The van der Waals surface area contributed by atoms with Gasteiger partial charge in [-0.05, 0) is 123 Å². The third-order valence-corrected chi connectivity index (χ3v) is 17.1. The summed E-state index contributed by atoms with van der Waals surface area (Å²) in [6.07, 6.45) is 2.17. The van der Waals surface area contributed by atoms with Gasteiger partial charge in [0, 0.05) is 5.56 Å². The average molecular weight is 1060 g/mol. The molecule has 80 heavy (non-hydrogen) atoms. The second kappa shape index (κ2) is 20.8. The Morgan fingerprint density at radius 3 is 0.625 bits per heavy atom. The summed E-state index contributed by atoms with van der Waals surface area (Å²) < 4.78 is 4.03. The average Bonchev–Trinajstić information content (AvgIpc) is 3.88. The highest BCUT2D eigenvalue weighted by Crippen LogP contribution is 2.49. The first kappa shape index (κ1) is 57.6. The first-order valence-electron chi connectivity index (χ1n) is 29.2. The van der Waals surface area contributed by atoms with Crippen LogP contribution in [-0.2, 0) is 50.4 Å². The van der Waals surface area contributed by atoms with Gasteiger partial charge >= 0.3 is 0 Å². The van der Waals surface area contributed by atoms with Crippen molar-refractivity contribution >= 4 is 0 Å². The Morgan fingerprint density at radius 1 is 0.250 bits per heavy atom. The molecule has 0 aliphatic heterocycles. The summed E-state index contributed by atoms with van der Waals surface area (Å²) in [5.74, 6) is 0. The molecule has 3 heteroatoms. The first-order valence-corrected chi connectivity index (χ1v) is 29.2. The quantitative estimate of drug-likeness (QED) is 0.0988. The third kappa shape index (κ3) is 11.1. The Kier molecular flexibility index (Phi) is 15.0. The van der Waals surface area contributed by atoms with Gasteiger partial charge in [-0.15, -0.1) is 9.36 Å². The van der Waals surface area contributed by atoms with Crippen molar-refractivity contribution in [1.82, 2.24) is 9.90 Å². The lowest BCUT2D eigenvalue weighted by Crippen LogP contribution is -2.33. The molecule has 9 aromatic rings. The topological polar surface area (TPSA) is 21.7 Å². The fourth-order valence-electron chi connectivity index (χ4n) is 11.9. The van der Waals surface area contributed by atoms with Crippen molar-refractivity contribution in [2.24, 2.45) is 7.05 Å². The number of rotatable bonds is 10. The van der Waals surface area contributed by atoms with Crippen molar-refractivity contribution in [1.29, 1.82) is 0 Å². The van der Waals surface area contributed by atoms with E-state index in [1.54, 1.807) is 0 Å². The lowest BCUT2D eigenvalue weighted by atomic mass is 9.64. The molecule has 1 aromatic heterocycles. The number of hydrogen-bond donors (Lipinski definition) is 0. The van der Waals surface area contributed by atoms with Crippen molar-refractivity contribution in [2.45, 2.75) is 168 Å². The van der Waals surface area contributed by atoms with Gasteiger partial charge in [-0.25, -0.2) is 0 Å². The highest BCUT2D eigenvalue weighted by molar-refractivity contribution is 5.66. The van der Waals surface area contributed by atoms with Crippen LogP contribution in [0, 0.1) is 0 Å².